The molecule has 1 aliphatic rings. The smallest absolute Gasteiger partial charge is 0.223 e. The number of methoxy groups -OCH3 is 1. The Hall–Kier alpha value is -1.80. The van der Waals surface area contributed by atoms with E-state index >= 15 is 0 Å². The Morgan fingerprint density at radius 2 is 1.86 bits per heavy atom. The standard InChI is InChI=1S/C21H34N2O5S/c1-6-29(25,26)23-11-9-17(10-12-23)21(24)22-16(4)18-7-8-19(20(13-18)27-5)28-14-15(2)3/h7-8,13,15-17H,6,9-12,14H2,1-5H3,(H,22,24). The van der Waals surface area contributed by atoms with E-state index in [0.29, 0.717) is 50.0 Å². The number of hydrogen-bond acceptors (Lipinski definition) is 5. The number of piperidine rings is 1. The van der Waals surface area contributed by atoms with Gasteiger partial charge in [-0.1, -0.05) is 19.9 Å². The first-order chi connectivity index (χ1) is 13.7. The van der Waals surface area contributed by atoms with Gasteiger partial charge in [0.25, 0.3) is 0 Å². The number of hydrogen-bond donors (Lipinski definition) is 1. The lowest BCUT2D eigenvalue weighted by molar-refractivity contribution is -0.126. The van der Waals surface area contributed by atoms with Crippen LogP contribution >= 0.6 is 0 Å². The zero-order chi connectivity index (χ0) is 21.6. The van der Waals surface area contributed by atoms with E-state index in [1.54, 1.807) is 14.0 Å². The maximum atomic E-state index is 12.7. The third-order valence-corrected chi connectivity index (χ3v) is 7.08. The van der Waals surface area contributed by atoms with Crippen LogP contribution in [0.5, 0.6) is 11.5 Å². The van der Waals surface area contributed by atoms with E-state index in [9.17, 15) is 13.2 Å². The molecule has 0 radical (unpaired) electrons. The predicted molar refractivity (Wildman–Crippen MR) is 114 cm³/mol. The van der Waals surface area contributed by atoms with E-state index in [1.165, 1.54) is 4.31 Å². The van der Waals surface area contributed by atoms with Crippen LogP contribution in [0.25, 0.3) is 0 Å². The van der Waals surface area contributed by atoms with Gasteiger partial charge < -0.3 is 14.8 Å². The molecular weight excluding hydrogens is 392 g/mol. The number of amides is 1. The molecule has 0 aliphatic carbocycles. The summed E-state index contributed by atoms with van der Waals surface area (Å²) in [5.74, 6) is 1.63. The summed E-state index contributed by atoms with van der Waals surface area (Å²) in [5, 5.41) is 3.05. The third-order valence-electron chi connectivity index (χ3n) is 5.20. The Kier molecular flexibility index (Phi) is 8.34. The number of nitrogens with zero attached hydrogens (tertiary/aromatic N) is 1. The van der Waals surface area contributed by atoms with E-state index in [2.05, 4.69) is 19.2 Å². The lowest BCUT2D eigenvalue weighted by atomic mass is 9.96. The van der Waals surface area contributed by atoms with Crippen molar-refractivity contribution in [3.8, 4) is 11.5 Å². The van der Waals surface area contributed by atoms with Crippen molar-refractivity contribution in [3.05, 3.63) is 23.8 Å². The minimum atomic E-state index is -3.18. The van der Waals surface area contributed by atoms with E-state index in [4.69, 9.17) is 9.47 Å². The summed E-state index contributed by atoms with van der Waals surface area (Å²) in [4.78, 5) is 12.7. The fourth-order valence-corrected chi connectivity index (χ4v) is 4.45. The summed E-state index contributed by atoms with van der Waals surface area (Å²) < 4.78 is 36.6. The van der Waals surface area contributed by atoms with Crippen LogP contribution in [0.15, 0.2) is 18.2 Å². The average molecular weight is 427 g/mol. The zero-order valence-corrected chi connectivity index (χ0v) is 18.9. The van der Waals surface area contributed by atoms with Crippen molar-refractivity contribution in [2.24, 2.45) is 11.8 Å². The van der Waals surface area contributed by atoms with Gasteiger partial charge in [0, 0.05) is 19.0 Å². The fraction of sp³-hybridized carbons (Fsp3) is 0.667. The number of carbonyl (C=O) groups excluding carboxylic acids is 1. The molecule has 0 spiro atoms. The molecule has 1 unspecified atom stereocenters. The van der Waals surface area contributed by atoms with Gasteiger partial charge in [-0.05, 0) is 50.3 Å². The molecule has 1 aliphatic heterocycles. The molecule has 1 heterocycles. The SMILES string of the molecule is CCS(=O)(=O)N1CCC(C(=O)NC(C)c2ccc(OCC(C)C)c(OC)c2)CC1. The number of nitrogens with one attached hydrogen (secondary N) is 1. The van der Waals surface area contributed by atoms with E-state index < -0.39 is 10.0 Å². The monoisotopic (exact) mass is 426 g/mol. The number of carbonyl (C=O) groups is 1. The van der Waals surface area contributed by atoms with Crippen molar-refractivity contribution >= 4 is 15.9 Å². The first kappa shape index (κ1) is 23.5. The molecule has 164 valence electrons. The molecule has 0 bridgehead atoms. The van der Waals surface area contributed by atoms with Gasteiger partial charge in [0.15, 0.2) is 11.5 Å². The maximum Gasteiger partial charge on any atom is 0.223 e. The second-order valence-electron chi connectivity index (χ2n) is 7.92. The molecule has 0 saturated carbocycles. The molecule has 1 atom stereocenters. The second-order valence-corrected chi connectivity index (χ2v) is 10.2. The quantitative estimate of drug-likeness (QED) is 0.656. The van der Waals surface area contributed by atoms with Crippen molar-refractivity contribution in [1.29, 1.82) is 0 Å². The van der Waals surface area contributed by atoms with Crippen LogP contribution < -0.4 is 14.8 Å². The molecule has 8 heteroatoms. The highest BCUT2D eigenvalue weighted by Gasteiger charge is 2.30. The minimum absolute atomic E-state index is 0.0369. The highest BCUT2D eigenvalue weighted by atomic mass is 32.2. The van der Waals surface area contributed by atoms with Gasteiger partial charge in [0.05, 0.1) is 25.5 Å². The first-order valence-electron chi connectivity index (χ1n) is 10.3. The highest BCUT2D eigenvalue weighted by Crippen LogP contribution is 2.31. The van der Waals surface area contributed by atoms with Crippen LogP contribution in [0.4, 0.5) is 0 Å². The van der Waals surface area contributed by atoms with Gasteiger partial charge in [0.2, 0.25) is 15.9 Å². The minimum Gasteiger partial charge on any atom is -0.493 e. The lowest BCUT2D eigenvalue weighted by Crippen LogP contribution is -2.43. The van der Waals surface area contributed by atoms with Crippen LogP contribution in [0.2, 0.25) is 0 Å². The summed E-state index contributed by atoms with van der Waals surface area (Å²) in [6.45, 7) is 9.15. The molecule has 1 aromatic rings. The molecule has 1 amide bonds. The largest absolute Gasteiger partial charge is 0.493 e. The Morgan fingerprint density at radius 3 is 2.41 bits per heavy atom. The maximum absolute atomic E-state index is 12.7. The Balaban J connectivity index is 1.96. The average Bonchev–Trinajstić information content (AvgIpc) is 2.71. The van der Waals surface area contributed by atoms with Gasteiger partial charge in [-0.25, -0.2) is 12.7 Å². The van der Waals surface area contributed by atoms with Crippen LogP contribution in [-0.4, -0.2) is 51.2 Å². The first-order valence-corrected chi connectivity index (χ1v) is 11.9. The summed E-state index contributed by atoms with van der Waals surface area (Å²) in [7, 11) is -1.58. The molecule has 1 aromatic carbocycles. The van der Waals surface area contributed by atoms with Gasteiger partial charge in [-0.15, -0.1) is 0 Å². The van der Waals surface area contributed by atoms with E-state index in [0.717, 1.165) is 5.56 Å². The van der Waals surface area contributed by atoms with Crippen LogP contribution in [0.3, 0.4) is 0 Å². The normalized spacial score (nSPS) is 17.2. The molecule has 29 heavy (non-hydrogen) atoms. The third kappa shape index (κ3) is 6.34. The van der Waals surface area contributed by atoms with Crippen molar-refractivity contribution < 1.29 is 22.7 Å². The molecule has 1 saturated heterocycles. The van der Waals surface area contributed by atoms with Gasteiger partial charge in [-0.2, -0.15) is 0 Å². The van der Waals surface area contributed by atoms with Crippen LogP contribution in [0.1, 0.15) is 52.1 Å². The number of rotatable bonds is 9. The topological polar surface area (TPSA) is 84.9 Å². The Bertz CT molecular complexity index is 786. The molecule has 0 aromatic heterocycles. The predicted octanol–water partition coefficient (Wildman–Crippen LogP) is 2.97. The van der Waals surface area contributed by atoms with Crippen molar-refractivity contribution in [2.75, 3.05) is 32.6 Å². The summed E-state index contributed by atoms with van der Waals surface area (Å²) >= 11 is 0. The zero-order valence-electron chi connectivity index (χ0n) is 18.1. The molecule has 2 rings (SSSR count). The van der Waals surface area contributed by atoms with Gasteiger partial charge >= 0.3 is 0 Å². The van der Waals surface area contributed by atoms with Crippen molar-refractivity contribution in [3.63, 3.8) is 0 Å². The highest BCUT2D eigenvalue weighted by molar-refractivity contribution is 7.89. The Labute approximate surface area is 174 Å². The molecule has 7 nitrogen and oxygen atoms in total. The van der Waals surface area contributed by atoms with Gasteiger partial charge in [0.1, 0.15) is 0 Å². The van der Waals surface area contributed by atoms with Crippen molar-refractivity contribution in [1.82, 2.24) is 9.62 Å². The van der Waals surface area contributed by atoms with Crippen LogP contribution in [0, 0.1) is 11.8 Å². The summed E-state index contributed by atoms with van der Waals surface area (Å²) in [6.07, 6.45) is 1.09. The van der Waals surface area contributed by atoms with Crippen LogP contribution in [-0.2, 0) is 14.8 Å². The number of sulfonamides is 1. The summed E-state index contributed by atoms with van der Waals surface area (Å²) in [6, 6.07) is 5.50. The fourth-order valence-electron chi connectivity index (χ4n) is 3.32. The molecule has 1 N–H and O–H groups in total. The molecular formula is C21H34N2O5S. The Morgan fingerprint density at radius 1 is 1.21 bits per heavy atom. The second kappa shape index (κ2) is 10.3. The summed E-state index contributed by atoms with van der Waals surface area (Å²) in [5.41, 5.74) is 0.929. The number of ether oxygens (including phenoxy) is 2. The molecule has 1 fully saturated rings. The van der Waals surface area contributed by atoms with Crippen molar-refractivity contribution in [2.45, 2.75) is 46.6 Å². The van der Waals surface area contributed by atoms with E-state index in [1.807, 2.05) is 25.1 Å². The van der Waals surface area contributed by atoms with E-state index in [-0.39, 0.29) is 23.6 Å². The lowest BCUT2D eigenvalue weighted by Gasteiger charge is -2.31. The number of benzene rings is 1. The van der Waals surface area contributed by atoms with Gasteiger partial charge in [-0.3, -0.25) is 4.79 Å².